The van der Waals surface area contributed by atoms with Crippen molar-refractivity contribution in [3.63, 3.8) is 0 Å². The number of nitrogens with zero attached hydrogens (tertiary/aromatic N) is 2. The molecular weight excluding hydrogens is 310 g/mol. The lowest BCUT2D eigenvalue weighted by Gasteiger charge is -2.15. The van der Waals surface area contributed by atoms with E-state index in [9.17, 15) is 14.4 Å². The fourth-order valence-corrected chi connectivity index (χ4v) is 2.72. The minimum atomic E-state index is -0.967. The SMILES string of the molecule is CCOC(=O)C1=NN[C@@H]2C(=O)N(c3cccc(Cl)c3)C(=O)[C@H]12. The van der Waals surface area contributed by atoms with E-state index < -0.39 is 29.7 Å². The molecule has 1 aromatic rings. The number of hydrogen-bond acceptors (Lipinski definition) is 6. The van der Waals surface area contributed by atoms with E-state index in [1.807, 2.05) is 0 Å². The Hall–Kier alpha value is -2.41. The molecule has 0 aliphatic carbocycles. The summed E-state index contributed by atoms with van der Waals surface area (Å²) in [7, 11) is 0. The molecule has 8 heteroatoms. The number of imide groups is 1. The van der Waals surface area contributed by atoms with Crippen LogP contribution in [0.15, 0.2) is 29.4 Å². The number of ether oxygens (including phenoxy) is 1. The van der Waals surface area contributed by atoms with Crippen molar-refractivity contribution in [3.8, 4) is 0 Å². The molecule has 7 nitrogen and oxygen atoms in total. The Morgan fingerprint density at radius 1 is 1.41 bits per heavy atom. The first-order valence-electron chi connectivity index (χ1n) is 6.68. The summed E-state index contributed by atoms with van der Waals surface area (Å²) in [6, 6.07) is 5.51. The minimum Gasteiger partial charge on any atom is -0.461 e. The van der Waals surface area contributed by atoms with Crippen molar-refractivity contribution < 1.29 is 19.1 Å². The van der Waals surface area contributed by atoms with Gasteiger partial charge in [-0.15, -0.1) is 0 Å². The zero-order valence-corrected chi connectivity index (χ0v) is 12.3. The number of hydrazone groups is 1. The Morgan fingerprint density at radius 3 is 2.86 bits per heavy atom. The van der Waals surface area contributed by atoms with Crippen molar-refractivity contribution in [2.45, 2.75) is 13.0 Å². The van der Waals surface area contributed by atoms with Crippen LogP contribution in [0.5, 0.6) is 0 Å². The van der Waals surface area contributed by atoms with E-state index in [0.717, 1.165) is 4.90 Å². The van der Waals surface area contributed by atoms with Gasteiger partial charge in [-0.1, -0.05) is 17.7 Å². The number of halogens is 1. The Labute approximate surface area is 130 Å². The molecule has 0 saturated carbocycles. The minimum absolute atomic E-state index is 0.0743. The lowest BCUT2D eigenvalue weighted by atomic mass is 9.99. The highest BCUT2D eigenvalue weighted by molar-refractivity contribution is 6.46. The molecule has 3 rings (SSSR count). The maximum absolute atomic E-state index is 12.6. The van der Waals surface area contributed by atoms with Crippen LogP contribution in [0.3, 0.4) is 0 Å². The van der Waals surface area contributed by atoms with Gasteiger partial charge in [0.2, 0.25) is 5.91 Å². The number of amides is 2. The quantitative estimate of drug-likeness (QED) is 0.654. The summed E-state index contributed by atoms with van der Waals surface area (Å²) in [6.07, 6.45) is 0. The number of carbonyl (C=O) groups is 3. The van der Waals surface area contributed by atoms with Crippen molar-refractivity contribution in [1.29, 1.82) is 0 Å². The number of carbonyl (C=O) groups excluding carboxylic acids is 3. The number of rotatable bonds is 3. The van der Waals surface area contributed by atoms with Crippen molar-refractivity contribution in [3.05, 3.63) is 29.3 Å². The molecule has 0 radical (unpaired) electrons. The number of anilines is 1. The number of fused-ring (bicyclic) bond motifs is 1. The Kier molecular flexibility index (Phi) is 3.58. The first kappa shape index (κ1) is 14.5. The van der Waals surface area contributed by atoms with Crippen LogP contribution in [0.2, 0.25) is 5.02 Å². The van der Waals surface area contributed by atoms with Crippen LogP contribution in [-0.4, -0.2) is 36.1 Å². The van der Waals surface area contributed by atoms with Crippen molar-refractivity contribution >= 4 is 40.8 Å². The summed E-state index contributed by atoms with van der Waals surface area (Å²) in [4.78, 5) is 37.8. The molecule has 0 aromatic heterocycles. The number of nitrogens with one attached hydrogen (secondary N) is 1. The maximum Gasteiger partial charge on any atom is 0.355 e. The lowest BCUT2D eigenvalue weighted by molar-refractivity contribution is -0.136. The predicted octanol–water partition coefficient (Wildman–Crippen LogP) is 0.720. The van der Waals surface area contributed by atoms with Crippen LogP contribution >= 0.6 is 11.6 Å². The van der Waals surface area contributed by atoms with Gasteiger partial charge in [0.1, 0.15) is 12.0 Å². The van der Waals surface area contributed by atoms with Crippen LogP contribution in [-0.2, 0) is 19.1 Å². The van der Waals surface area contributed by atoms with Crippen LogP contribution in [0, 0.1) is 5.92 Å². The molecular formula is C14H12ClN3O4. The molecule has 0 spiro atoms. The molecule has 1 N–H and O–H groups in total. The zero-order valence-electron chi connectivity index (χ0n) is 11.6. The van der Waals surface area contributed by atoms with E-state index in [2.05, 4.69) is 10.5 Å². The molecule has 2 amide bonds. The molecule has 2 aliphatic heterocycles. The lowest BCUT2D eigenvalue weighted by Crippen LogP contribution is -2.36. The summed E-state index contributed by atoms with van der Waals surface area (Å²) in [6.45, 7) is 1.81. The second-order valence-electron chi connectivity index (χ2n) is 4.79. The predicted molar refractivity (Wildman–Crippen MR) is 78.4 cm³/mol. The van der Waals surface area contributed by atoms with E-state index in [1.165, 1.54) is 6.07 Å². The fraction of sp³-hybridized carbons (Fsp3) is 0.286. The summed E-state index contributed by atoms with van der Waals surface area (Å²) >= 11 is 5.90. The van der Waals surface area contributed by atoms with Gasteiger partial charge in [0, 0.05) is 5.02 Å². The first-order chi connectivity index (χ1) is 10.5. The van der Waals surface area contributed by atoms with Gasteiger partial charge in [0.25, 0.3) is 5.91 Å². The number of benzene rings is 1. The average Bonchev–Trinajstić information content (AvgIpc) is 3.01. The molecule has 22 heavy (non-hydrogen) atoms. The Bertz CT molecular complexity index is 703. The molecule has 1 aromatic carbocycles. The van der Waals surface area contributed by atoms with Gasteiger partial charge in [0.15, 0.2) is 5.71 Å². The Morgan fingerprint density at radius 2 is 2.18 bits per heavy atom. The molecule has 2 aliphatic rings. The molecule has 0 bridgehead atoms. The van der Waals surface area contributed by atoms with Gasteiger partial charge in [-0.2, -0.15) is 5.10 Å². The van der Waals surface area contributed by atoms with Gasteiger partial charge in [-0.05, 0) is 25.1 Å². The van der Waals surface area contributed by atoms with Gasteiger partial charge < -0.3 is 4.74 Å². The topological polar surface area (TPSA) is 88.1 Å². The van der Waals surface area contributed by atoms with E-state index >= 15 is 0 Å². The highest BCUT2D eigenvalue weighted by atomic mass is 35.5. The second kappa shape index (κ2) is 5.42. The normalized spacial score (nSPS) is 23.2. The summed E-state index contributed by atoms with van der Waals surface area (Å²) in [5.41, 5.74) is 2.83. The largest absolute Gasteiger partial charge is 0.461 e. The van der Waals surface area contributed by atoms with Crippen LogP contribution in [0.1, 0.15) is 6.92 Å². The number of hydrogen-bond donors (Lipinski definition) is 1. The first-order valence-corrected chi connectivity index (χ1v) is 7.06. The maximum atomic E-state index is 12.6. The van der Waals surface area contributed by atoms with Gasteiger partial charge in [-0.25, -0.2) is 9.69 Å². The third kappa shape index (κ3) is 2.14. The van der Waals surface area contributed by atoms with E-state index in [1.54, 1.807) is 25.1 Å². The monoisotopic (exact) mass is 321 g/mol. The van der Waals surface area contributed by atoms with E-state index in [0.29, 0.717) is 10.7 Å². The highest BCUT2D eigenvalue weighted by Gasteiger charge is 2.55. The summed E-state index contributed by atoms with van der Waals surface area (Å²) < 4.78 is 4.86. The Balaban J connectivity index is 1.93. The summed E-state index contributed by atoms with van der Waals surface area (Å²) in [5, 5.41) is 4.19. The number of esters is 1. The molecule has 2 atom stereocenters. The third-order valence-electron chi connectivity index (χ3n) is 3.48. The van der Waals surface area contributed by atoms with E-state index in [-0.39, 0.29) is 12.3 Å². The standard InChI is InChI=1S/C14H12ClN3O4/c1-2-22-14(21)11-9-10(16-17-11)13(20)18(12(9)19)8-5-3-4-7(15)6-8/h3-6,9-10,16H,2H2,1H3/t9-,10-/m0/s1. The van der Waals surface area contributed by atoms with Gasteiger partial charge in [0.05, 0.1) is 12.3 Å². The van der Waals surface area contributed by atoms with Crippen molar-refractivity contribution in [2.75, 3.05) is 11.5 Å². The summed E-state index contributed by atoms with van der Waals surface area (Å²) in [5.74, 6) is -2.66. The zero-order chi connectivity index (χ0) is 15.9. The van der Waals surface area contributed by atoms with Crippen molar-refractivity contribution in [1.82, 2.24) is 5.43 Å². The third-order valence-corrected chi connectivity index (χ3v) is 3.71. The van der Waals surface area contributed by atoms with Crippen molar-refractivity contribution in [2.24, 2.45) is 11.0 Å². The highest BCUT2D eigenvalue weighted by Crippen LogP contribution is 2.31. The molecule has 1 saturated heterocycles. The van der Waals surface area contributed by atoms with Crippen LogP contribution in [0.4, 0.5) is 5.69 Å². The molecule has 1 fully saturated rings. The van der Waals surface area contributed by atoms with Crippen LogP contribution < -0.4 is 10.3 Å². The van der Waals surface area contributed by atoms with E-state index in [4.69, 9.17) is 16.3 Å². The molecule has 2 heterocycles. The second-order valence-corrected chi connectivity index (χ2v) is 5.23. The molecule has 114 valence electrons. The van der Waals surface area contributed by atoms with Crippen LogP contribution in [0.25, 0.3) is 0 Å². The molecule has 0 unspecified atom stereocenters. The van der Waals surface area contributed by atoms with Gasteiger partial charge >= 0.3 is 5.97 Å². The fourth-order valence-electron chi connectivity index (χ4n) is 2.53. The van der Waals surface area contributed by atoms with Gasteiger partial charge in [-0.3, -0.25) is 15.0 Å². The average molecular weight is 322 g/mol. The smallest absolute Gasteiger partial charge is 0.355 e.